The Labute approximate surface area is 106 Å². The van der Waals surface area contributed by atoms with Gasteiger partial charge in [-0.3, -0.25) is 0 Å². The third-order valence-electron chi connectivity index (χ3n) is 3.49. The van der Waals surface area contributed by atoms with Crippen LogP contribution in [0.4, 0.5) is 4.39 Å². The Morgan fingerprint density at radius 1 is 1.39 bits per heavy atom. The lowest BCUT2D eigenvalue weighted by molar-refractivity contribution is 0.0474. The molecule has 4 heteroatoms. The Kier molecular flexibility index (Phi) is 3.95. The second kappa shape index (κ2) is 5.47. The fraction of sp³-hybridized carbons (Fsp3) is 0.500. The molecule has 0 amide bonds. The average molecular weight is 248 g/mol. The average Bonchev–Trinajstić information content (AvgIpc) is 2.78. The second-order valence-electron chi connectivity index (χ2n) is 4.95. The predicted molar refractivity (Wildman–Crippen MR) is 66.2 cm³/mol. The molecule has 0 aliphatic heterocycles. The zero-order valence-electron chi connectivity index (χ0n) is 10.2. The summed E-state index contributed by atoms with van der Waals surface area (Å²) in [5.41, 5.74) is 0.226. The molecule has 1 saturated carbocycles. The molecule has 0 heterocycles. The number of nitrogens with one attached hydrogen (secondary N) is 1. The van der Waals surface area contributed by atoms with E-state index in [2.05, 4.69) is 5.32 Å². The van der Waals surface area contributed by atoms with E-state index in [-0.39, 0.29) is 5.82 Å². The lowest BCUT2D eigenvalue weighted by Gasteiger charge is -2.22. The summed E-state index contributed by atoms with van der Waals surface area (Å²) in [6, 6.07) is 6.35. The van der Waals surface area contributed by atoms with Crippen molar-refractivity contribution in [2.45, 2.75) is 37.8 Å². The molecule has 3 nitrogen and oxygen atoms in total. The van der Waals surface area contributed by atoms with E-state index in [9.17, 15) is 9.50 Å². The third kappa shape index (κ3) is 3.06. The van der Waals surface area contributed by atoms with Crippen molar-refractivity contribution in [3.8, 4) is 6.07 Å². The van der Waals surface area contributed by atoms with Crippen molar-refractivity contribution in [1.29, 1.82) is 5.26 Å². The van der Waals surface area contributed by atoms with Crippen molar-refractivity contribution in [3.05, 3.63) is 35.1 Å². The van der Waals surface area contributed by atoms with E-state index in [4.69, 9.17) is 5.26 Å². The second-order valence-corrected chi connectivity index (χ2v) is 4.95. The Morgan fingerprint density at radius 2 is 2.11 bits per heavy atom. The summed E-state index contributed by atoms with van der Waals surface area (Å²) in [6.45, 7) is 0.867. The first-order valence-electron chi connectivity index (χ1n) is 6.25. The first kappa shape index (κ1) is 13.0. The molecular weight excluding hydrogens is 231 g/mol. The molecule has 1 aliphatic carbocycles. The van der Waals surface area contributed by atoms with Gasteiger partial charge in [-0.2, -0.15) is 5.26 Å². The molecule has 1 fully saturated rings. The maximum Gasteiger partial charge on any atom is 0.129 e. The van der Waals surface area contributed by atoms with Crippen LogP contribution in [0.15, 0.2) is 18.2 Å². The van der Waals surface area contributed by atoms with Gasteiger partial charge in [-0.1, -0.05) is 18.9 Å². The minimum atomic E-state index is -0.622. The highest BCUT2D eigenvalue weighted by Gasteiger charge is 2.30. The van der Waals surface area contributed by atoms with Crippen LogP contribution in [0.1, 0.15) is 36.8 Å². The smallest absolute Gasteiger partial charge is 0.129 e. The maximum atomic E-state index is 13.6. The number of rotatable bonds is 4. The Morgan fingerprint density at radius 3 is 2.72 bits per heavy atom. The summed E-state index contributed by atoms with van der Waals surface area (Å²) in [4.78, 5) is 0. The Bertz CT molecular complexity index is 461. The van der Waals surface area contributed by atoms with Gasteiger partial charge in [0, 0.05) is 18.7 Å². The van der Waals surface area contributed by atoms with Crippen molar-refractivity contribution < 1.29 is 9.50 Å². The highest BCUT2D eigenvalue weighted by molar-refractivity contribution is 5.32. The van der Waals surface area contributed by atoms with E-state index < -0.39 is 5.60 Å². The van der Waals surface area contributed by atoms with Gasteiger partial charge in [0.25, 0.3) is 0 Å². The van der Waals surface area contributed by atoms with Gasteiger partial charge in [-0.15, -0.1) is 0 Å². The van der Waals surface area contributed by atoms with Gasteiger partial charge >= 0.3 is 0 Å². The molecule has 0 radical (unpaired) electrons. The van der Waals surface area contributed by atoms with Gasteiger partial charge in [0.1, 0.15) is 5.82 Å². The van der Waals surface area contributed by atoms with E-state index in [1.807, 2.05) is 6.07 Å². The largest absolute Gasteiger partial charge is 0.389 e. The maximum absolute atomic E-state index is 13.6. The van der Waals surface area contributed by atoms with Crippen LogP contribution < -0.4 is 5.32 Å². The van der Waals surface area contributed by atoms with Gasteiger partial charge in [-0.05, 0) is 25.0 Å². The summed E-state index contributed by atoms with van der Waals surface area (Å²) < 4.78 is 13.6. The van der Waals surface area contributed by atoms with Crippen LogP contribution in [-0.2, 0) is 6.54 Å². The van der Waals surface area contributed by atoms with Crippen LogP contribution >= 0.6 is 0 Å². The zero-order chi connectivity index (χ0) is 13.0. The molecule has 18 heavy (non-hydrogen) atoms. The minimum Gasteiger partial charge on any atom is -0.389 e. The van der Waals surface area contributed by atoms with E-state index in [1.165, 1.54) is 6.07 Å². The number of nitriles is 1. The van der Waals surface area contributed by atoms with Crippen LogP contribution in [0.25, 0.3) is 0 Å². The van der Waals surface area contributed by atoms with E-state index in [1.54, 1.807) is 12.1 Å². The number of benzene rings is 1. The van der Waals surface area contributed by atoms with Crippen molar-refractivity contribution in [1.82, 2.24) is 5.32 Å². The van der Waals surface area contributed by atoms with Gasteiger partial charge in [0.2, 0.25) is 0 Å². The van der Waals surface area contributed by atoms with Crippen LogP contribution in [0.3, 0.4) is 0 Å². The summed E-state index contributed by atoms with van der Waals surface area (Å²) in [5.74, 6) is -0.375. The summed E-state index contributed by atoms with van der Waals surface area (Å²) in [7, 11) is 0. The van der Waals surface area contributed by atoms with E-state index in [0.29, 0.717) is 24.2 Å². The molecule has 0 spiro atoms. The summed E-state index contributed by atoms with van der Waals surface area (Å²) in [5, 5.41) is 21.9. The molecule has 2 N–H and O–H groups in total. The Hall–Kier alpha value is -1.44. The molecule has 96 valence electrons. The molecule has 0 atom stereocenters. The van der Waals surface area contributed by atoms with Crippen molar-refractivity contribution in [3.63, 3.8) is 0 Å². The standard InChI is InChI=1S/C14H17FN2O/c15-13-7-11(8-16)3-4-12(13)9-17-10-14(18)5-1-2-6-14/h3-4,7,17-18H,1-2,5-6,9-10H2. The highest BCUT2D eigenvalue weighted by atomic mass is 19.1. The summed E-state index contributed by atoms with van der Waals surface area (Å²) >= 11 is 0. The minimum absolute atomic E-state index is 0.325. The van der Waals surface area contributed by atoms with Gasteiger partial charge in [-0.25, -0.2) is 4.39 Å². The van der Waals surface area contributed by atoms with E-state index in [0.717, 1.165) is 25.7 Å². The van der Waals surface area contributed by atoms with Crippen LogP contribution in [0.2, 0.25) is 0 Å². The fourth-order valence-corrected chi connectivity index (χ4v) is 2.40. The fourth-order valence-electron chi connectivity index (χ4n) is 2.40. The molecule has 1 aromatic carbocycles. The van der Waals surface area contributed by atoms with Gasteiger partial charge in [0.05, 0.1) is 17.2 Å². The molecule has 0 unspecified atom stereocenters. The zero-order valence-corrected chi connectivity index (χ0v) is 10.2. The van der Waals surface area contributed by atoms with Gasteiger partial charge < -0.3 is 10.4 Å². The number of nitrogens with zero attached hydrogens (tertiary/aromatic N) is 1. The first-order chi connectivity index (χ1) is 8.63. The normalized spacial score (nSPS) is 17.6. The Balaban J connectivity index is 1.89. The van der Waals surface area contributed by atoms with Crippen LogP contribution in [0, 0.1) is 17.1 Å². The highest BCUT2D eigenvalue weighted by Crippen LogP contribution is 2.28. The van der Waals surface area contributed by atoms with E-state index >= 15 is 0 Å². The number of hydrogen-bond donors (Lipinski definition) is 2. The number of halogens is 1. The molecule has 0 aromatic heterocycles. The quantitative estimate of drug-likeness (QED) is 0.857. The van der Waals surface area contributed by atoms with Gasteiger partial charge in [0.15, 0.2) is 0 Å². The number of hydrogen-bond acceptors (Lipinski definition) is 3. The number of aliphatic hydroxyl groups is 1. The lowest BCUT2D eigenvalue weighted by atomic mass is 10.0. The molecular formula is C14H17FN2O. The SMILES string of the molecule is N#Cc1ccc(CNCC2(O)CCCC2)c(F)c1. The monoisotopic (exact) mass is 248 g/mol. The molecule has 0 bridgehead atoms. The molecule has 1 aromatic rings. The summed E-state index contributed by atoms with van der Waals surface area (Å²) in [6.07, 6.45) is 3.75. The third-order valence-corrected chi connectivity index (χ3v) is 3.49. The van der Waals surface area contributed by atoms with Crippen LogP contribution in [-0.4, -0.2) is 17.3 Å². The van der Waals surface area contributed by atoms with Crippen molar-refractivity contribution in [2.24, 2.45) is 0 Å². The first-order valence-corrected chi connectivity index (χ1v) is 6.25. The topological polar surface area (TPSA) is 56.0 Å². The lowest BCUT2D eigenvalue weighted by Crippen LogP contribution is -2.37. The molecule has 2 rings (SSSR count). The molecule has 1 aliphatic rings. The van der Waals surface area contributed by atoms with Crippen molar-refractivity contribution in [2.75, 3.05) is 6.54 Å². The predicted octanol–water partition coefficient (Wildman–Crippen LogP) is 2.09. The van der Waals surface area contributed by atoms with Crippen molar-refractivity contribution >= 4 is 0 Å². The molecule has 0 saturated heterocycles. The van der Waals surface area contributed by atoms with Crippen LogP contribution in [0.5, 0.6) is 0 Å².